The molecule has 1 N–H and O–H groups in total. The lowest BCUT2D eigenvalue weighted by Gasteiger charge is -2.20. The van der Waals surface area contributed by atoms with Crippen LogP contribution in [0.2, 0.25) is 0 Å². The molecule has 0 rings (SSSR count). The average molecular weight is 260 g/mol. The minimum atomic E-state index is -0.948. The van der Waals surface area contributed by atoms with Gasteiger partial charge >= 0.3 is 11.9 Å². The molecule has 0 saturated heterocycles. The lowest BCUT2D eigenvalue weighted by atomic mass is 10.2. The van der Waals surface area contributed by atoms with Gasteiger partial charge in [0.2, 0.25) is 0 Å². The van der Waals surface area contributed by atoms with Gasteiger partial charge in [0.1, 0.15) is 11.2 Å². The van der Waals surface area contributed by atoms with E-state index in [1.54, 1.807) is 41.5 Å². The number of rotatable bonds is 3. The fourth-order valence-corrected chi connectivity index (χ4v) is 0.889. The summed E-state index contributed by atoms with van der Waals surface area (Å²) < 4.78 is 9.86. The van der Waals surface area contributed by atoms with Gasteiger partial charge in [0.05, 0.1) is 6.08 Å². The Hall–Kier alpha value is -1.56. The minimum Gasteiger partial charge on any atom is -0.457 e. The predicted molar refractivity (Wildman–Crippen MR) is 63.5 cm³/mol. The molecule has 0 atom stereocenters. The Morgan fingerprint density at radius 1 is 0.944 bits per heavy atom. The number of carbonyl (C=O) groups is 2. The highest BCUT2D eigenvalue weighted by Crippen LogP contribution is 2.13. The van der Waals surface area contributed by atoms with Crippen LogP contribution in [0.25, 0.3) is 0 Å². The Bertz CT molecular complexity index is 343. The number of ether oxygens (including phenoxy) is 2. The van der Waals surface area contributed by atoms with Crippen molar-refractivity contribution in [1.82, 2.24) is 0 Å². The lowest BCUT2D eigenvalue weighted by Crippen LogP contribution is -2.27. The van der Waals surface area contributed by atoms with Gasteiger partial charge in [0, 0.05) is 0 Å². The molecule has 0 amide bonds. The first-order valence-corrected chi connectivity index (χ1v) is 5.44. The van der Waals surface area contributed by atoms with Crippen LogP contribution in [-0.4, -0.2) is 28.4 Å². The Morgan fingerprint density at radius 3 is 1.72 bits per heavy atom. The Labute approximate surface area is 106 Å². The summed E-state index contributed by atoms with van der Waals surface area (Å²) >= 11 is 0. The van der Waals surface area contributed by atoms with E-state index < -0.39 is 28.9 Å². The molecule has 104 valence electrons. The minimum absolute atomic E-state index is 0.626. The first-order valence-electron chi connectivity index (χ1n) is 5.44. The third kappa shape index (κ3) is 7.67. The molecule has 0 aliphatic carbocycles. The molecular weight excluding hydrogens is 240 g/mol. The second-order valence-corrected chi connectivity index (χ2v) is 5.64. The van der Waals surface area contributed by atoms with Crippen molar-refractivity contribution in [3.05, 3.63) is 11.8 Å². The van der Waals surface area contributed by atoms with Gasteiger partial charge in [-0.3, -0.25) is 0 Å². The smallest absolute Gasteiger partial charge is 0.378 e. The summed E-state index contributed by atoms with van der Waals surface area (Å²) in [5.74, 6) is -2.38. The molecule has 0 aromatic carbocycles. The van der Waals surface area contributed by atoms with Crippen LogP contribution in [0.5, 0.6) is 0 Å². The summed E-state index contributed by atoms with van der Waals surface area (Å²) in [6.45, 7) is 9.96. The van der Waals surface area contributed by atoms with E-state index in [0.29, 0.717) is 0 Å². The molecule has 0 aromatic heterocycles. The fraction of sp³-hybridized carbons (Fsp3) is 0.667. The van der Waals surface area contributed by atoms with E-state index in [-0.39, 0.29) is 0 Å². The highest BCUT2D eigenvalue weighted by atomic mass is 17.1. The predicted octanol–water partition coefficient (Wildman–Crippen LogP) is 2.04. The Kier molecular flexibility index (Phi) is 5.35. The van der Waals surface area contributed by atoms with Crippen molar-refractivity contribution in [3.8, 4) is 0 Å². The van der Waals surface area contributed by atoms with Crippen molar-refractivity contribution in [1.29, 1.82) is 0 Å². The van der Waals surface area contributed by atoms with Gasteiger partial charge in [0.15, 0.2) is 0 Å². The fourth-order valence-electron chi connectivity index (χ4n) is 0.889. The van der Waals surface area contributed by atoms with Crippen molar-refractivity contribution >= 4 is 11.9 Å². The van der Waals surface area contributed by atoms with E-state index in [2.05, 4.69) is 4.89 Å². The largest absolute Gasteiger partial charge is 0.457 e. The number of carbonyl (C=O) groups excluding carboxylic acids is 2. The second-order valence-electron chi connectivity index (χ2n) is 5.64. The molecule has 0 unspecified atom stereocenters. The van der Waals surface area contributed by atoms with Gasteiger partial charge in [-0.2, -0.15) is 0 Å². The highest BCUT2D eigenvalue weighted by molar-refractivity contribution is 5.94. The molecule has 0 aromatic rings. The standard InChI is InChI=1S/C12H20O6/c1-11(2,3)16-9(13)7-8(18-15)10(14)17-12(4,5)6/h7,15H,1-6H3/b8-7+. The normalized spacial score (nSPS) is 12.9. The number of hydrogen-bond acceptors (Lipinski definition) is 6. The molecule has 18 heavy (non-hydrogen) atoms. The average Bonchev–Trinajstić information content (AvgIpc) is 2.07. The Morgan fingerprint density at radius 2 is 1.39 bits per heavy atom. The highest BCUT2D eigenvalue weighted by Gasteiger charge is 2.24. The molecule has 0 aliphatic heterocycles. The molecule has 0 spiro atoms. The van der Waals surface area contributed by atoms with E-state index >= 15 is 0 Å². The zero-order valence-electron chi connectivity index (χ0n) is 11.6. The van der Waals surface area contributed by atoms with Crippen LogP contribution < -0.4 is 0 Å². The maximum atomic E-state index is 11.5. The molecule has 0 saturated carbocycles. The van der Waals surface area contributed by atoms with Gasteiger partial charge < -0.3 is 14.4 Å². The van der Waals surface area contributed by atoms with Crippen LogP contribution in [0.4, 0.5) is 0 Å². The van der Waals surface area contributed by atoms with Gasteiger partial charge in [-0.1, -0.05) is 0 Å². The summed E-state index contributed by atoms with van der Waals surface area (Å²) in [5, 5.41) is 8.56. The monoisotopic (exact) mass is 260 g/mol. The summed E-state index contributed by atoms with van der Waals surface area (Å²) in [6, 6.07) is 0. The van der Waals surface area contributed by atoms with E-state index in [9.17, 15) is 9.59 Å². The van der Waals surface area contributed by atoms with E-state index in [0.717, 1.165) is 6.08 Å². The maximum Gasteiger partial charge on any atom is 0.378 e. The second kappa shape index (κ2) is 5.86. The Balaban J connectivity index is 4.77. The van der Waals surface area contributed by atoms with Crippen molar-refractivity contribution in [2.75, 3.05) is 0 Å². The third-order valence-electron chi connectivity index (χ3n) is 1.35. The van der Waals surface area contributed by atoms with Gasteiger partial charge in [-0.25, -0.2) is 14.8 Å². The molecule has 6 nitrogen and oxygen atoms in total. The maximum absolute atomic E-state index is 11.5. The summed E-state index contributed by atoms with van der Waals surface area (Å²) in [7, 11) is 0. The van der Waals surface area contributed by atoms with Gasteiger partial charge in [-0.05, 0) is 41.5 Å². The van der Waals surface area contributed by atoms with Crippen LogP contribution in [0.1, 0.15) is 41.5 Å². The number of hydrogen-bond donors (Lipinski definition) is 1. The van der Waals surface area contributed by atoms with Crippen molar-refractivity contribution < 1.29 is 29.2 Å². The van der Waals surface area contributed by atoms with E-state index in [4.69, 9.17) is 14.7 Å². The van der Waals surface area contributed by atoms with Crippen LogP contribution in [0.3, 0.4) is 0 Å². The van der Waals surface area contributed by atoms with Crippen molar-refractivity contribution in [2.45, 2.75) is 52.7 Å². The van der Waals surface area contributed by atoms with Crippen LogP contribution >= 0.6 is 0 Å². The first kappa shape index (κ1) is 16.4. The third-order valence-corrected chi connectivity index (χ3v) is 1.35. The first-order chi connectivity index (χ1) is 7.94. The zero-order chi connectivity index (χ0) is 14.6. The van der Waals surface area contributed by atoms with E-state index in [1.165, 1.54) is 0 Å². The molecule has 6 heteroatoms. The molecular formula is C12H20O6. The molecule has 0 heterocycles. The molecule has 0 bridgehead atoms. The SMILES string of the molecule is CC(C)(C)OC(=O)/C=C(/OO)C(=O)OC(C)(C)C. The van der Waals surface area contributed by atoms with Gasteiger partial charge in [-0.15, -0.1) is 0 Å². The van der Waals surface area contributed by atoms with Crippen LogP contribution in [0.15, 0.2) is 11.8 Å². The topological polar surface area (TPSA) is 82.1 Å². The van der Waals surface area contributed by atoms with Crippen molar-refractivity contribution in [2.24, 2.45) is 0 Å². The number of esters is 2. The lowest BCUT2D eigenvalue weighted by molar-refractivity contribution is -0.216. The van der Waals surface area contributed by atoms with Crippen LogP contribution in [0, 0.1) is 0 Å². The van der Waals surface area contributed by atoms with Gasteiger partial charge in [0.25, 0.3) is 5.76 Å². The molecule has 0 aliphatic rings. The summed E-state index contributed by atoms with van der Waals surface area (Å²) in [5.41, 5.74) is -1.47. The summed E-state index contributed by atoms with van der Waals surface area (Å²) in [4.78, 5) is 26.7. The molecule has 0 radical (unpaired) electrons. The van der Waals surface area contributed by atoms with Crippen LogP contribution in [-0.2, 0) is 24.0 Å². The van der Waals surface area contributed by atoms with Crippen molar-refractivity contribution in [3.63, 3.8) is 0 Å². The zero-order valence-corrected chi connectivity index (χ0v) is 11.6. The van der Waals surface area contributed by atoms with E-state index in [1.807, 2.05) is 0 Å². The quantitative estimate of drug-likeness (QED) is 0.275. The summed E-state index contributed by atoms with van der Waals surface area (Å²) in [6.07, 6.45) is 0.735. The molecule has 0 fully saturated rings.